The summed E-state index contributed by atoms with van der Waals surface area (Å²) in [7, 11) is 0. The molecule has 0 saturated heterocycles. The number of halogens is 2. The number of rotatable bonds is 5. The van der Waals surface area contributed by atoms with Crippen LogP contribution in [0.15, 0.2) is 60.9 Å². The highest BCUT2D eigenvalue weighted by molar-refractivity contribution is 6.34. The van der Waals surface area contributed by atoms with E-state index in [-0.39, 0.29) is 0 Å². The summed E-state index contributed by atoms with van der Waals surface area (Å²) in [4.78, 5) is 4.33. The molecule has 132 valence electrons. The molecule has 3 aromatic rings. The predicted molar refractivity (Wildman–Crippen MR) is 106 cm³/mol. The van der Waals surface area contributed by atoms with E-state index in [1.165, 1.54) is 5.56 Å². The molecule has 5 heteroatoms. The van der Waals surface area contributed by atoms with Crippen LogP contribution in [0.5, 0.6) is 0 Å². The van der Waals surface area contributed by atoms with Crippen LogP contribution in [0.1, 0.15) is 23.9 Å². The minimum atomic E-state index is 0.658. The topological polar surface area (TPSA) is 29.9 Å². The van der Waals surface area contributed by atoms with E-state index in [1.54, 1.807) is 12.3 Å². The second-order valence-electron chi connectivity index (χ2n) is 5.68. The van der Waals surface area contributed by atoms with E-state index in [9.17, 15) is 0 Å². The first-order valence-electron chi connectivity index (χ1n) is 8.26. The van der Waals surface area contributed by atoms with E-state index in [2.05, 4.69) is 40.8 Å². The third-order valence-corrected chi connectivity index (χ3v) is 3.99. The lowest BCUT2D eigenvalue weighted by molar-refractivity contribution is 0.639. The van der Waals surface area contributed by atoms with Crippen molar-refractivity contribution in [2.75, 3.05) is 6.54 Å². The Morgan fingerprint density at radius 3 is 2.28 bits per heavy atom. The van der Waals surface area contributed by atoms with Crippen LogP contribution in [0.25, 0.3) is 0 Å². The van der Waals surface area contributed by atoms with E-state index < -0.39 is 0 Å². The van der Waals surface area contributed by atoms with Gasteiger partial charge in [-0.25, -0.2) is 4.98 Å². The summed E-state index contributed by atoms with van der Waals surface area (Å²) >= 11 is 12.0. The summed E-state index contributed by atoms with van der Waals surface area (Å²) in [5.41, 5.74) is 2.39. The number of hydrogen-bond donors (Lipinski definition) is 1. The predicted octanol–water partition coefficient (Wildman–Crippen LogP) is 5.34. The molecule has 0 aliphatic heterocycles. The average molecular weight is 376 g/mol. The molecular formula is C20H23Cl2N3. The summed E-state index contributed by atoms with van der Waals surface area (Å²) in [6, 6.07) is 15.8. The number of aromatic nitrogens is 2. The maximum absolute atomic E-state index is 5.99. The SMILES string of the molecule is CCNCc1nccn1Cc1cc(Cl)cc(Cl)c1.Cc1ccccc1. The van der Waals surface area contributed by atoms with Crippen LogP contribution in [-0.2, 0) is 13.1 Å². The zero-order valence-corrected chi connectivity index (χ0v) is 16.1. The van der Waals surface area contributed by atoms with Gasteiger partial charge in [0, 0.05) is 29.0 Å². The minimum absolute atomic E-state index is 0.658. The maximum atomic E-state index is 5.99. The van der Waals surface area contributed by atoms with Crippen molar-refractivity contribution in [2.45, 2.75) is 26.9 Å². The molecule has 0 atom stereocenters. The van der Waals surface area contributed by atoms with Crippen LogP contribution in [-0.4, -0.2) is 16.1 Å². The quantitative estimate of drug-likeness (QED) is 0.651. The molecule has 1 heterocycles. The minimum Gasteiger partial charge on any atom is -0.329 e. The van der Waals surface area contributed by atoms with Crippen molar-refractivity contribution < 1.29 is 0 Å². The summed E-state index contributed by atoms with van der Waals surface area (Å²) < 4.78 is 2.09. The van der Waals surface area contributed by atoms with Gasteiger partial charge in [-0.05, 0) is 37.2 Å². The first-order valence-corrected chi connectivity index (χ1v) is 9.01. The molecule has 0 amide bonds. The van der Waals surface area contributed by atoms with Crippen molar-refractivity contribution in [1.82, 2.24) is 14.9 Å². The van der Waals surface area contributed by atoms with Crippen molar-refractivity contribution in [3.05, 3.63) is 87.9 Å². The van der Waals surface area contributed by atoms with Gasteiger partial charge in [-0.1, -0.05) is 66.0 Å². The largest absolute Gasteiger partial charge is 0.329 e. The highest BCUT2D eigenvalue weighted by Crippen LogP contribution is 2.20. The molecule has 25 heavy (non-hydrogen) atoms. The zero-order valence-electron chi connectivity index (χ0n) is 14.5. The summed E-state index contributed by atoms with van der Waals surface area (Å²) in [6.45, 7) is 6.57. The van der Waals surface area contributed by atoms with Crippen molar-refractivity contribution in [3.8, 4) is 0 Å². The summed E-state index contributed by atoms with van der Waals surface area (Å²) in [5.74, 6) is 1.01. The fraction of sp³-hybridized carbons (Fsp3) is 0.250. The standard InChI is InChI=1S/C13H15Cl2N3.C7H8/c1-2-16-8-13-17-3-4-18(13)9-10-5-11(14)7-12(15)6-10;1-7-5-3-2-4-6-7/h3-7,16H,2,8-9H2,1H3;2-6H,1H3. The van der Waals surface area contributed by atoms with Gasteiger partial charge in [-0.15, -0.1) is 0 Å². The lowest BCUT2D eigenvalue weighted by atomic mass is 10.2. The number of benzene rings is 2. The fourth-order valence-electron chi connectivity index (χ4n) is 2.32. The third-order valence-electron chi connectivity index (χ3n) is 3.55. The molecule has 0 fully saturated rings. The molecule has 1 N–H and O–H groups in total. The van der Waals surface area contributed by atoms with Crippen LogP contribution < -0.4 is 5.32 Å². The van der Waals surface area contributed by atoms with Crippen molar-refractivity contribution in [1.29, 1.82) is 0 Å². The monoisotopic (exact) mass is 375 g/mol. The maximum Gasteiger partial charge on any atom is 0.122 e. The Kier molecular flexibility index (Phi) is 7.99. The Bertz CT molecular complexity index is 749. The normalized spacial score (nSPS) is 10.2. The van der Waals surface area contributed by atoms with Gasteiger partial charge < -0.3 is 9.88 Å². The summed E-state index contributed by atoms with van der Waals surface area (Å²) in [5, 5.41) is 4.58. The van der Waals surface area contributed by atoms with Crippen LogP contribution in [0.2, 0.25) is 10.0 Å². The van der Waals surface area contributed by atoms with Crippen molar-refractivity contribution in [3.63, 3.8) is 0 Å². The van der Waals surface area contributed by atoms with Gasteiger partial charge in [0.1, 0.15) is 5.82 Å². The van der Waals surface area contributed by atoms with Crippen molar-refractivity contribution in [2.24, 2.45) is 0 Å². The first kappa shape index (κ1) is 19.5. The molecule has 0 spiro atoms. The van der Waals surface area contributed by atoms with Crippen LogP contribution in [0.3, 0.4) is 0 Å². The van der Waals surface area contributed by atoms with Gasteiger partial charge in [0.25, 0.3) is 0 Å². The van der Waals surface area contributed by atoms with E-state index >= 15 is 0 Å². The molecule has 2 aromatic carbocycles. The summed E-state index contributed by atoms with van der Waals surface area (Å²) in [6.07, 6.45) is 3.76. The molecule has 3 rings (SSSR count). The lowest BCUT2D eigenvalue weighted by Gasteiger charge is -2.09. The van der Waals surface area contributed by atoms with Crippen LogP contribution in [0.4, 0.5) is 0 Å². The Hall–Kier alpha value is -1.81. The number of imidazole rings is 1. The number of nitrogens with one attached hydrogen (secondary N) is 1. The Morgan fingerprint density at radius 1 is 1.04 bits per heavy atom. The van der Waals surface area contributed by atoms with Gasteiger partial charge in [0.15, 0.2) is 0 Å². The highest BCUT2D eigenvalue weighted by atomic mass is 35.5. The van der Waals surface area contributed by atoms with Gasteiger partial charge in [-0.3, -0.25) is 0 Å². The molecule has 1 aromatic heterocycles. The number of nitrogens with zero attached hydrogens (tertiary/aromatic N) is 2. The Labute approximate surface area is 159 Å². The van der Waals surface area contributed by atoms with E-state index in [1.807, 2.05) is 36.5 Å². The van der Waals surface area contributed by atoms with Gasteiger partial charge in [-0.2, -0.15) is 0 Å². The molecule has 0 unspecified atom stereocenters. The Balaban J connectivity index is 0.000000269. The molecule has 0 saturated carbocycles. The van der Waals surface area contributed by atoms with Crippen LogP contribution >= 0.6 is 23.2 Å². The van der Waals surface area contributed by atoms with Crippen molar-refractivity contribution >= 4 is 23.2 Å². The van der Waals surface area contributed by atoms with Gasteiger partial charge >= 0.3 is 0 Å². The lowest BCUT2D eigenvalue weighted by Crippen LogP contribution is -2.16. The first-order chi connectivity index (χ1) is 12.1. The molecule has 0 aliphatic carbocycles. The fourth-order valence-corrected chi connectivity index (χ4v) is 2.89. The highest BCUT2D eigenvalue weighted by Gasteiger charge is 2.04. The molecule has 0 bridgehead atoms. The third kappa shape index (κ3) is 6.91. The molecule has 0 aliphatic rings. The number of hydrogen-bond acceptors (Lipinski definition) is 2. The second-order valence-corrected chi connectivity index (χ2v) is 6.56. The van der Waals surface area contributed by atoms with E-state index in [4.69, 9.17) is 23.2 Å². The zero-order chi connectivity index (χ0) is 18.1. The van der Waals surface area contributed by atoms with Crippen LogP contribution in [0, 0.1) is 6.92 Å². The number of aryl methyl sites for hydroxylation is 1. The molecular weight excluding hydrogens is 353 g/mol. The van der Waals surface area contributed by atoms with E-state index in [0.29, 0.717) is 10.0 Å². The molecule has 3 nitrogen and oxygen atoms in total. The Morgan fingerprint density at radius 2 is 1.72 bits per heavy atom. The average Bonchev–Trinajstić information content (AvgIpc) is 3.00. The second kappa shape index (κ2) is 10.2. The van der Waals surface area contributed by atoms with Gasteiger partial charge in [0.2, 0.25) is 0 Å². The van der Waals surface area contributed by atoms with E-state index in [0.717, 1.165) is 31.0 Å². The molecule has 0 radical (unpaired) electrons. The van der Waals surface area contributed by atoms with Gasteiger partial charge in [0.05, 0.1) is 6.54 Å². The smallest absolute Gasteiger partial charge is 0.122 e.